The van der Waals surface area contributed by atoms with Crippen molar-refractivity contribution in [2.24, 2.45) is 0 Å². The van der Waals surface area contributed by atoms with Crippen LogP contribution < -0.4 is 11.2 Å². The van der Waals surface area contributed by atoms with Gasteiger partial charge in [0.1, 0.15) is 5.39 Å². The smallest absolute Gasteiger partial charge is 0.291 e. The molecule has 0 saturated carbocycles. The first kappa shape index (κ1) is 19.5. The maximum atomic E-state index is 12.9. The molecule has 0 aliphatic carbocycles. The molecule has 0 saturated heterocycles. The lowest BCUT2D eigenvalue weighted by atomic mass is 10.1. The molecule has 0 aliphatic rings. The van der Waals surface area contributed by atoms with Crippen LogP contribution in [0.3, 0.4) is 0 Å². The fourth-order valence-electron chi connectivity index (χ4n) is 3.44. The van der Waals surface area contributed by atoms with Crippen molar-refractivity contribution in [2.75, 3.05) is 0 Å². The second-order valence-electron chi connectivity index (χ2n) is 6.89. The van der Waals surface area contributed by atoms with Gasteiger partial charge in [0, 0.05) is 17.0 Å². The van der Waals surface area contributed by atoms with Crippen LogP contribution in [-0.2, 0) is 5.75 Å². The van der Waals surface area contributed by atoms with Crippen molar-refractivity contribution in [1.82, 2.24) is 19.5 Å². The summed E-state index contributed by atoms with van der Waals surface area (Å²) < 4.78 is 1.05. The molecule has 31 heavy (non-hydrogen) atoms. The van der Waals surface area contributed by atoms with Gasteiger partial charge in [-0.05, 0) is 40.6 Å². The minimum absolute atomic E-state index is 0.218. The quantitative estimate of drug-likeness (QED) is 0.323. The predicted molar refractivity (Wildman–Crippen MR) is 124 cm³/mol. The third-order valence-electron chi connectivity index (χ3n) is 4.95. The Hall–Kier alpha value is -3.42. The minimum atomic E-state index is -0.566. The molecule has 0 bridgehead atoms. The summed E-state index contributed by atoms with van der Waals surface area (Å²) in [6.45, 7) is 0. The van der Waals surface area contributed by atoms with Gasteiger partial charge in [-0.2, -0.15) is 0 Å². The van der Waals surface area contributed by atoms with Gasteiger partial charge in [0.15, 0.2) is 10.8 Å². The fourth-order valence-corrected chi connectivity index (χ4v) is 4.39. The normalized spacial score (nSPS) is 11.3. The Kier molecular flexibility index (Phi) is 5.05. The van der Waals surface area contributed by atoms with E-state index in [1.165, 1.54) is 34.3 Å². The van der Waals surface area contributed by atoms with Crippen LogP contribution in [-0.4, -0.2) is 19.5 Å². The van der Waals surface area contributed by atoms with Gasteiger partial charge >= 0.3 is 5.69 Å². The van der Waals surface area contributed by atoms with Crippen molar-refractivity contribution < 1.29 is 0 Å². The zero-order valence-electron chi connectivity index (χ0n) is 16.1. The van der Waals surface area contributed by atoms with Crippen molar-refractivity contribution in [3.05, 3.63) is 104 Å². The summed E-state index contributed by atoms with van der Waals surface area (Å²) in [6.07, 6.45) is 1.46. The first-order valence-corrected chi connectivity index (χ1v) is 10.8. The molecule has 0 spiro atoms. The minimum Gasteiger partial charge on any atom is -0.291 e. The van der Waals surface area contributed by atoms with Crippen molar-refractivity contribution in [1.29, 1.82) is 0 Å². The number of fused-ring (bicyclic) bond motifs is 2. The Morgan fingerprint density at radius 2 is 1.71 bits per heavy atom. The van der Waals surface area contributed by atoms with Crippen molar-refractivity contribution in [3.8, 4) is 5.69 Å². The molecule has 5 rings (SSSR count). The lowest BCUT2D eigenvalue weighted by Crippen LogP contribution is -2.34. The number of thioether (sulfide) groups is 1. The molecule has 0 aliphatic heterocycles. The molecular weight excluding hydrogens is 432 g/mol. The number of benzene rings is 3. The zero-order chi connectivity index (χ0) is 21.4. The molecule has 2 aromatic heterocycles. The molecule has 0 atom stereocenters. The number of H-pyrrole nitrogens is 1. The van der Waals surface area contributed by atoms with E-state index in [0.717, 1.165) is 4.57 Å². The Labute approximate surface area is 185 Å². The third kappa shape index (κ3) is 3.73. The van der Waals surface area contributed by atoms with Crippen LogP contribution in [0.25, 0.3) is 27.5 Å². The Balaban J connectivity index is 1.49. The molecule has 3 aromatic carbocycles. The third-order valence-corrected chi connectivity index (χ3v) is 6.11. The predicted octanol–water partition coefficient (Wildman–Crippen LogP) is 4.57. The second kappa shape index (κ2) is 8.02. The van der Waals surface area contributed by atoms with E-state index < -0.39 is 11.2 Å². The number of nitrogens with zero attached hydrogens (tertiary/aromatic N) is 3. The van der Waals surface area contributed by atoms with Crippen molar-refractivity contribution in [3.63, 3.8) is 0 Å². The van der Waals surface area contributed by atoms with E-state index in [0.29, 0.717) is 21.6 Å². The molecule has 0 fully saturated rings. The molecule has 152 valence electrons. The topological polar surface area (TPSA) is 80.6 Å². The van der Waals surface area contributed by atoms with Crippen LogP contribution in [0.15, 0.2) is 87.7 Å². The van der Waals surface area contributed by atoms with Crippen LogP contribution in [0.2, 0.25) is 5.02 Å². The van der Waals surface area contributed by atoms with E-state index in [1.807, 2.05) is 18.2 Å². The second-order valence-corrected chi connectivity index (χ2v) is 8.27. The first-order valence-electron chi connectivity index (χ1n) is 9.47. The fraction of sp³-hybridized carbons (Fsp3) is 0.0435. The SMILES string of the molecule is O=c1[nH]c2nc(SCc3cccc4ccccc34)ncc2c(=O)n1-c1ccc(Cl)cc1. The number of aromatic amines is 1. The Morgan fingerprint density at radius 3 is 2.55 bits per heavy atom. The molecule has 2 heterocycles. The average Bonchev–Trinajstić information content (AvgIpc) is 2.78. The maximum absolute atomic E-state index is 12.9. The monoisotopic (exact) mass is 446 g/mol. The van der Waals surface area contributed by atoms with Gasteiger partial charge in [-0.25, -0.2) is 19.3 Å². The van der Waals surface area contributed by atoms with E-state index >= 15 is 0 Å². The highest BCUT2D eigenvalue weighted by Crippen LogP contribution is 2.25. The summed E-state index contributed by atoms with van der Waals surface area (Å²) in [5.74, 6) is 0.666. The van der Waals surface area contributed by atoms with Crippen LogP contribution in [0, 0.1) is 0 Å². The van der Waals surface area contributed by atoms with Crippen LogP contribution in [0.5, 0.6) is 0 Å². The van der Waals surface area contributed by atoms with E-state index in [9.17, 15) is 9.59 Å². The van der Waals surface area contributed by atoms with E-state index in [1.54, 1.807) is 24.3 Å². The van der Waals surface area contributed by atoms with Crippen LogP contribution >= 0.6 is 23.4 Å². The molecule has 0 radical (unpaired) electrons. The highest BCUT2D eigenvalue weighted by Gasteiger charge is 2.12. The number of nitrogens with one attached hydrogen (secondary N) is 1. The molecule has 8 heteroatoms. The summed E-state index contributed by atoms with van der Waals surface area (Å²) in [4.78, 5) is 36.9. The largest absolute Gasteiger partial charge is 0.334 e. The number of halogens is 1. The highest BCUT2D eigenvalue weighted by atomic mass is 35.5. The lowest BCUT2D eigenvalue weighted by molar-refractivity contribution is 0.877. The average molecular weight is 447 g/mol. The van der Waals surface area contributed by atoms with E-state index in [4.69, 9.17) is 11.6 Å². The van der Waals surface area contributed by atoms with Gasteiger partial charge in [0.05, 0.1) is 5.69 Å². The van der Waals surface area contributed by atoms with Crippen molar-refractivity contribution >= 4 is 45.2 Å². The number of aromatic nitrogens is 4. The standard InChI is InChI=1S/C23H15ClN4O2S/c24-16-8-10-17(11-9-16)28-21(29)19-12-25-22(26-20(19)27-23(28)30)31-13-15-6-3-5-14-4-1-2-7-18(14)15/h1-12H,13H2,(H,25,26,27,30). The van der Waals surface area contributed by atoms with Crippen molar-refractivity contribution in [2.45, 2.75) is 10.9 Å². The highest BCUT2D eigenvalue weighted by molar-refractivity contribution is 7.98. The first-order chi connectivity index (χ1) is 15.1. The molecule has 5 aromatic rings. The molecular formula is C23H15ClN4O2S. The van der Waals surface area contributed by atoms with Crippen LogP contribution in [0.1, 0.15) is 5.56 Å². The maximum Gasteiger partial charge on any atom is 0.334 e. The summed E-state index contributed by atoms with van der Waals surface area (Å²) in [6, 6.07) is 20.8. The Morgan fingerprint density at radius 1 is 0.935 bits per heavy atom. The molecule has 1 N–H and O–H groups in total. The number of rotatable bonds is 4. The lowest BCUT2D eigenvalue weighted by Gasteiger charge is -2.08. The summed E-state index contributed by atoms with van der Waals surface area (Å²) in [7, 11) is 0. The van der Waals surface area contributed by atoms with Gasteiger partial charge in [0.2, 0.25) is 0 Å². The van der Waals surface area contributed by atoms with Gasteiger partial charge in [-0.15, -0.1) is 0 Å². The zero-order valence-corrected chi connectivity index (χ0v) is 17.7. The number of hydrogen-bond donors (Lipinski definition) is 1. The van der Waals surface area contributed by atoms with Gasteiger partial charge in [-0.3, -0.25) is 9.78 Å². The van der Waals surface area contributed by atoms with E-state index in [2.05, 4.69) is 39.2 Å². The number of hydrogen-bond acceptors (Lipinski definition) is 5. The van der Waals surface area contributed by atoms with Gasteiger partial charge < -0.3 is 0 Å². The van der Waals surface area contributed by atoms with Gasteiger partial charge in [-0.1, -0.05) is 65.8 Å². The molecule has 6 nitrogen and oxygen atoms in total. The summed E-state index contributed by atoms with van der Waals surface area (Å²) >= 11 is 7.35. The van der Waals surface area contributed by atoms with Gasteiger partial charge in [0.25, 0.3) is 5.56 Å². The van der Waals surface area contributed by atoms with Crippen LogP contribution in [0.4, 0.5) is 0 Å². The summed E-state index contributed by atoms with van der Waals surface area (Å²) in [5.41, 5.74) is 0.760. The molecule has 0 amide bonds. The van der Waals surface area contributed by atoms with E-state index in [-0.39, 0.29) is 11.0 Å². The summed E-state index contributed by atoms with van der Waals surface area (Å²) in [5, 5.41) is 3.60. The Bertz CT molecular complexity index is 1540. The molecule has 0 unspecified atom stereocenters.